The van der Waals surface area contributed by atoms with Gasteiger partial charge in [-0.2, -0.15) is 0 Å². The van der Waals surface area contributed by atoms with E-state index in [1.165, 1.54) is 6.07 Å². The van der Waals surface area contributed by atoms with Crippen LogP contribution in [0.5, 0.6) is 5.88 Å². The van der Waals surface area contributed by atoms with Crippen LogP contribution in [0.4, 0.5) is 11.5 Å². The number of nitrogens with zero attached hydrogens (tertiary/aromatic N) is 3. The SMILES string of the molecule is COc1cc(CNc2ccc([N+](=O)[O-])c(-c3ccccc3)n2)ccn1. The summed E-state index contributed by atoms with van der Waals surface area (Å²) in [5.41, 5.74) is 1.97. The van der Waals surface area contributed by atoms with Gasteiger partial charge in [0.05, 0.1) is 12.0 Å². The Bertz CT molecular complexity index is 884. The lowest BCUT2D eigenvalue weighted by Crippen LogP contribution is -2.04. The topological polar surface area (TPSA) is 90.2 Å². The summed E-state index contributed by atoms with van der Waals surface area (Å²) in [6, 6.07) is 15.8. The maximum atomic E-state index is 11.3. The quantitative estimate of drug-likeness (QED) is 0.545. The standard InChI is InChI=1S/C18H16N4O3/c1-25-17-11-13(9-10-19-17)12-20-16-8-7-15(22(23)24)18(21-16)14-5-3-2-4-6-14/h2-11H,12H2,1H3,(H,20,21). The lowest BCUT2D eigenvalue weighted by molar-refractivity contribution is -0.384. The molecule has 126 valence electrons. The summed E-state index contributed by atoms with van der Waals surface area (Å²) in [6.07, 6.45) is 1.66. The van der Waals surface area contributed by atoms with Crippen LogP contribution < -0.4 is 10.1 Å². The van der Waals surface area contributed by atoms with Crippen LogP contribution in [0.2, 0.25) is 0 Å². The van der Waals surface area contributed by atoms with Crippen molar-refractivity contribution in [1.82, 2.24) is 9.97 Å². The molecule has 0 aliphatic carbocycles. The fourth-order valence-electron chi connectivity index (χ4n) is 2.37. The summed E-state index contributed by atoms with van der Waals surface area (Å²) in [7, 11) is 1.56. The molecule has 0 unspecified atom stereocenters. The van der Waals surface area contributed by atoms with Gasteiger partial charge in [0.15, 0.2) is 5.69 Å². The normalized spacial score (nSPS) is 10.3. The number of hydrogen-bond donors (Lipinski definition) is 1. The van der Waals surface area contributed by atoms with E-state index in [-0.39, 0.29) is 5.69 Å². The Morgan fingerprint density at radius 1 is 1.16 bits per heavy atom. The molecule has 0 aliphatic heterocycles. The first-order chi connectivity index (χ1) is 12.2. The molecular weight excluding hydrogens is 320 g/mol. The number of anilines is 1. The fraction of sp³-hybridized carbons (Fsp3) is 0.111. The second-order valence-electron chi connectivity index (χ2n) is 5.25. The molecule has 0 amide bonds. The van der Waals surface area contributed by atoms with Crippen molar-refractivity contribution in [1.29, 1.82) is 0 Å². The zero-order valence-corrected chi connectivity index (χ0v) is 13.5. The summed E-state index contributed by atoms with van der Waals surface area (Å²) in [5.74, 6) is 1.08. The first kappa shape index (κ1) is 16.4. The number of benzene rings is 1. The van der Waals surface area contributed by atoms with Crippen molar-refractivity contribution in [3.8, 4) is 17.1 Å². The second kappa shape index (κ2) is 7.39. The van der Waals surface area contributed by atoms with Gasteiger partial charge in [-0.15, -0.1) is 0 Å². The van der Waals surface area contributed by atoms with Crippen molar-refractivity contribution in [3.63, 3.8) is 0 Å². The lowest BCUT2D eigenvalue weighted by Gasteiger charge is -2.09. The van der Waals surface area contributed by atoms with Gasteiger partial charge in [0.25, 0.3) is 5.69 Å². The number of aromatic nitrogens is 2. The highest BCUT2D eigenvalue weighted by Crippen LogP contribution is 2.29. The van der Waals surface area contributed by atoms with Crippen molar-refractivity contribution in [2.24, 2.45) is 0 Å². The summed E-state index contributed by atoms with van der Waals surface area (Å²) in [4.78, 5) is 19.3. The van der Waals surface area contributed by atoms with Crippen molar-refractivity contribution in [2.45, 2.75) is 6.54 Å². The molecule has 3 rings (SSSR count). The van der Waals surface area contributed by atoms with Crippen LogP contribution in [0.1, 0.15) is 5.56 Å². The first-order valence-corrected chi connectivity index (χ1v) is 7.61. The van der Waals surface area contributed by atoms with Gasteiger partial charge in [-0.05, 0) is 17.7 Å². The second-order valence-corrected chi connectivity index (χ2v) is 5.25. The van der Waals surface area contributed by atoms with Gasteiger partial charge in [-0.3, -0.25) is 10.1 Å². The smallest absolute Gasteiger partial charge is 0.295 e. The molecule has 0 atom stereocenters. The summed E-state index contributed by atoms with van der Waals surface area (Å²) in [6.45, 7) is 0.498. The van der Waals surface area contributed by atoms with E-state index in [9.17, 15) is 10.1 Å². The highest BCUT2D eigenvalue weighted by molar-refractivity contribution is 5.71. The maximum Gasteiger partial charge on any atom is 0.295 e. The van der Waals surface area contributed by atoms with Crippen LogP contribution in [-0.2, 0) is 6.54 Å². The molecule has 0 saturated heterocycles. The average molecular weight is 336 g/mol. The molecule has 0 radical (unpaired) electrons. The van der Waals surface area contributed by atoms with Gasteiger partial charge in [-0.1, -0.05) is 30.3 Å². The molecule has 25 heavy (non-hydrogen) atoms. The monoisotopic (exact) mass is 336 g/mol. The molecule has 0 fully saturated rings. The van der Waals surface area contributed by atoms with Gasteiger partial charge in [0.2, 0.25) is 5.88 Å². The van der Waals surface area contributed by atoms with Crippen molar-refractivity contribution in [2.75, 3.05) is 12.4 Å². The number of ether oxygens (including phenoxy) is 1. The molecule has 7 heteroatoms. The molecule has 0 aliphatic rings. The van der Waals surface area contributed by atoms with Gasteiger partial charge in [0, 0.05) is 30.4 Å². The minimum atomic E-state index is -0.424. The molecule has 2 aromatic heterocycles. The van der Waals surface area contributed by atoms with E-state index in [1.807, 2.05) is 30.3 Å². The van der Waals surface area contributed by atoms with Crippen LogP contribution in [0.15, 0.2) is 60.8 Å². The lowest BCUT2D eigenvalue weighted by atomic mass is 10.1. The van der Waals surface area contributed by atoms with Crippen LogP contribution >= 0.6 is 0 Å². The third kappa shape index (κ3) is 3.89. The van der Waals surface area contributed by atoms with E-state index < -0.39 is 4.92 Å². The molecule has 1 N–H and O–H groups in total. The Morgan fingerprint density at radius 3 is 2.68 bits per heavy atom. The minimum absolute atomic E-state index is 0.0256. The predicted molar refractivity (Wildman–Crippen MR) is 94.4 cm³/mol. The van der Waals surface area contributed by atoms with E-state index in [0.29, 0.717) is 29.5 Å². The molecule has 2 heterocycles. The van der Waals surface area contributed by atoms with Crippen LogP contribution in [0.25, 0.3) is 11.3 Å². The molecule has 0 spiro atoms. The maximum absolute atomic E-state index is 11.3. The van der Waals surface area contributed by atoms with Gasteiger partial charge < -0.3 is 10.1 Å². The van der Waals surface area contributed by atoms with Crippen molar-refractivity contribution >= 4 is 11.5 Å². The number of pyridine rings is 2. The zero-order valence-electron chi connectivity index (χ0n) is 13.5. The van der Waals surface area contributed by atoms with Gasteiger partial charge >= 0.3 is 0 Å². The Labute approximate surface area is 144 Å². The zero-order chi connectivity index (χ0) is 17.6. The Hall–Kier alpha value is -3.48. The Morgan fingerprint density at radius 2 is 1.96 bits per heavy atom. The average Bonchev–Trinajstić information content (AvgIpc) is 2.67. The third-order valence-electron chi connectivity index (χ3n) is 3.60. The van der Waals surface area contributed by atoms with E-state index in [4.69, 9.17) is 4.74 Å². The third-order valence-corrected chi connectivity index (χ3v) is 3.60. The summed E-state index contributed by atoms with van der Waals surface area (Å²) < 4.78 is 5.10. The van der Waals surface area contributed by atoms with E-state index >= 15 is 0 Å². The highest BCUT2D eigenvalue weighted by Gasteiger charge is 2.17. The predicted octanol–water partition coefficient (Wildman–Crippen LogP) is 3.67. The van der Waals surface area contributed by atoms with E-state index in [2.05, 4.69) is 15.3 Å². The van der Waals surface area contributed by atoms with E-state index in [1.54, 1.807) is 31.5 Å². The largest absolute Gasteiger partial charge is 0.481 e. The minimum Gasteiger partial charge on any atom is -0.481 e. The number of nitro groups is 1. The summed E-state index contributed by atoms with van der Waals surface area (Å²) >= 11 is 0. The first-order valence-electron chi connectivity index (χ1n) is 7.61. The molecule has 0 bridgehead atoms. The molecule has 3 aromatic rings. The van der Waals surface area contributed by atoms with Gasteiger partial charge in [-0.25, -0.2) is 9.97 Å². The number of rotatable bonds is 6. The van der Waals surface area contributed by atoms with Crippen LogP contribution in [0.3, 0.4) is 0 Å². The number of nitrogens with one attached hydrogen (secondary N) is 1. The molecule has 1 aromatic carbocycles. The highest BCUT2D eigenvalue weighted by atomic mass is 16.6. The van der Waals surface area contributed by atoms with Crippen LogP contribution in [-0.4, -0.2) is 22.0 Å². The molecule has 7 nitrogen and oxygen atoms in total. The Kier molecular flexibility index (Phi) is 4.84. The molecular formula is C18H16N4O3. The number of hydrogen-bond acceptors (Lipinski definition) is 6. The van der Waals surface area contributed by atoms with Crippen molar-refractivity contribution < 1.29 is 9.66 Å². The Balaban J connectivity index is 1.86. The van der Waals surface area contributed by atoms with E-state index in [0.717, 1.165) is 5.56 Å². The fourth-order valence-corrected chi connectivity index (χ4v) is 2.37. The summed E-state index contributed by atoms with van der Waals surface area (Å²) in [5, 5.41) is 14.5. The number of methoxy groups -OCH3 is 1. The van der Waals surface area contributed by atoms with Crippen LogP contribution in [0, 0.1) is 10.1 Å². The van der Waals surface area contributed by atoms with Gasteiger partial charge in [0.1, 0.15) is 5.82 Å². The molecule has 0 saturated carbocycles. The van der Waals surface area contributed by atoms with Crippen molar-refractivity contribution in [3.05, 3.63) is 76.5 Å².